The SMILES string of the molecule is CC(C)c1ccc(N2C(=S)N[C@@H](c3ccccn3)[C@@H]2c2ccc(-c3ccc(Br)cc3)o2)cc1. The molecular formula is C27H24BrN3OS. The maximum atomic E-state index is 6.42. The average Bonchev–Trinajstić information content (AvgIpc) is 3.45. The Bertz CT molecular complexity index is 1250. The highest BCUT2D eigenvalue weighted by Crippen LogP contribution is 2.43. The van der Waals surface area contributed by atoms with Gasteiger partial charge in [-0.05, 0) is 72.2 Å². The third kappa shape index (κ3) is 4.33. The van der Waals surface area contributed by atoms with Gasteiger partial charge in [0.15, 0.2) is 5.11 Å². The van der Waals surface area contributed by atoms with E-state index in [4.69, 9.17) is 16.6 Å². The van der Waals surface area contributed by atoms with Crippen molar-refractivity contribution >= 4 is 38.9 Å². The number of benzene rings is 2. The van der Waals surface area contributed by atoms with Gasteiger partial charge in [-0.3, -0.25) is 4.98 Å². The molecule has 0 amide bonds. The number of anilines is 1. The van der Waals surface area contributed by atoms with Gasteiger partial charge in [0.05, 0.1) is 11.7 Å². The second-order valence-corrected chi connectivity index (χ2v) is 9.75. The summed E-state index contributed by atoms with van der Waals surface area (Å²) in [4.78, 5) is 6.76. The quantitative estimate of drug-likeness (QED) is 0.279. The first kappa shape index (κ1) is 21.9. The van der Waals surface area contributed by atoms with Gasteiger partial charge in [0, 0.05) is 21.9 Å². The number of halogens is 1. The van der Waals surface area contributed by atoms with Crippen LogP contribution in [0.3, 0.4) is 0 Å². The fraction of sp³-hybridized carbons (Fsp3) is 0.185. The summed E-state index contributed by atoms with van der Waals surface area (Å²) >= 11 is 9.31. The molecule has 5 rings (SSSR count). The van der Waals surface area contributed by atoms with E-state index in [9.17, 15) is 0 Å². The first-order valence-corrected chi connectivity index (χ1v) is 12.2. The number of aromatic nitrogens is 1. The number of hydrogen-bond acceptors (Lipinski definition) is 3. The Morgan fingerprint density at radius 3 is 2.39 bits per heavy atom. The molecule has 166 valence electrons. The molecule has 0 spiro atoms. The molecule has 2 atom stereocenters. The molecule has 2 aromatic heterocycles. The number of furan rings is 1. The van der Waals surface area contributed by atoms with Crippen molar-refractivity contribution in [1.29, 1.82) is 0 Å². The molecule has 0 bridgehead atoms. The number of rotatable bonds is 5. The van der Waals surface area contributed by atoms with Gasteiger partial charge in [0.25, 0.3) is 0 Å². The van der Waals surface area contributed by atoms with E-state index in [-0.39, 0.29) is 12.1 Å². The van der Waals surface area contributed by atoms with Crippen molar-refractivity contribution in [2.45, 2.75) is 31.8 Å². The zero-order chi connectivity index (χ0) is 22.9. The van der Waals surface area contributed by atoms with Gasteiger partial charge in [-0.25, -0.2) is 0 Å². The van der Waals surface area contributed by atoms with Crippen LogP contribution < -0.4 is 10.2 Å². The molecule has 1 saturated heterocycles. The van der Waals surface area contributed by atoms with Crippen LogP contribution in [0.25, 0.3) is 11.3 Å². The number of nitrogens with zero attached hydrogens (tertiary/aromatic N) is 2. The molecular weight excluding hydrogens is 494 g/mol. The molecule has 1 N–H and O–H groups in total. The molecule has 0 unspecified atom stereocenters. The molecule has 1 fully saturated rings. The van der Waals surface area contributed by atoms with E-state index in [1.165, 1.54) is 5.56 Å². The first-order chi connectivity index (χ1) is 16.0. The Morgan fingerprint density at radius 1 is 0.970 bits per heavy atom. The summed E-state index contributed by atoms with van der Waals surface area (Å²) in [7, 11) is 0. The monoisotopic (exact) mass is 517 g/mol. The number of thiocarbonyl (C=S) groups is 1. The summed E-state index contributed by atoms with van der Waals surface area (Å²) in [5, 5.41) is 4.15. The highest BCUT2D eigenvalue weighted by atomic mass is 79.9. The van der Waals surface area contributed by atoms with Crippen LogP contribution in [0.15, 0.2) is 93.9 Å². The van der Waals surface area contributed by atoms with Crippen molar-refractivity contribution in [2.75, 3.05) is 4.90 Å². The molecule has 6 heteroatoms. The molecule has 0 aliphatic carbocycles. The molecule has 2 aromatic carbocycles. The van der Waals surface area contributed by atoms with E-state index in [1.54, 1.807) is 0 Å². The summed E-state index contributed by atoms with van der Waals surface area (Å²) in [6.45, 7) is 4.40. The second-order valence-electron chi connectivity index (χ2n) is 8.45. The van der Waals surface area contributed by atoms with Gasteiger partial charge in [-0.2, -0.15) is 0 Å². The third-order valence-corrected chi connectivity index (χ3v) is 6.83. The minimum Gasteiger partial charge on any atom is -0.459 e. The van der Waals surface area contributed by atoms with Crippen molar-refractivity contribution < 1.29 is 4.42 Å². The van der Waals surface area contributed by atoms with Crippen LogP contribution in [-0.4, -0.2) is 10.1 Å². The normalized spacial score (nSPS) is 18.1. The van der Waals surface area contributed by atoms with Crippen molar-refractivity contribution in [1.82, 2.24) is 10.3 Å². The highest BCUT2D eigenvalue weighted by molar-refractivity contribution is 9.10. The molecule has 1 aliphatic rings. The lowest BCUT2D eigenvalue weighted by atomic mass is 10.0. The van der Waals surface area contributed by atoms with Crippen LogP contribution in [-0.2, 0) is 0 Å². The van der Waals surface area contributed by atoms with Crippen LogP contribution in [0, 0.1) is 0 Å². The van der Waals surface area contributed by atoms with E-state index in [0.717, 1.165) is 32.9 Å². The van der Waals surface area contributed by atoms with Crippen LogP contribution in [0.1, 0.15) is 48.9 Å². The minimum atomic E-state index is -0.165. The maximum absolute atomic E-state index is 6.42. The lowest BCUT2D eigenvalue weighted by Crippen LogP contribution is -2.29. The molecule has 0 saturated carbocycles. The summed E-state index contributed by atoms with van der Waals surface area (Å²) in [6.07, 6.45) is 1.81. The maximum Gasteiger partial charge on any atom is 0.174 e. The predicted molar refractivity (Wildman–Crippen MR) is 140 cm³/mol. The average molecular weight is 518 g/mol. The summed E-state index contributed by atoms with van der Waals surface area (Å²) in [6, 6.07) is 26.5. The number of nitrogens with one attached hydrogen (secondary N) is 1. The lowest BCUT2D eigenvalue weighted by Gasteiger charge is -2.26. The topological polar surface area (TPSA) is 41.3 Å². The van der Waals surface area contributed by atoms with Crippen molar-refractivity contribution in [3.05, 3.63) is 107 Å². The minimum absolute atomic E-state index is 0.132. The molecule has 3 heterocycles. The van der Waals surface area contributed by atoms with Crippen LogP contribution >= 0.6 is 28.1 Å². The molecule has 1 aliphatic heterocycles. The Kier molecular flexibility index (Phi) is 6.04. The van der Waals surface area contributed by atoms with Crippen LogP contribution in [0.2, 0.25) is 0 Å². The Labute approximate surface area is 207 Å². The summed E-state index contributed by atoms with van der Waals surface area (Å²) < 4.78 is 7.46. The fourth-order valence-electron chi connectivity index (χ4n) is 4.22. The number of pyridine rings is 1. The molecule has 4 aromatic rings. The van der Waals surface area contributed by atoms with Crippen molar-refractivity contribution in [2.24, 2.45) is 0 Å². The third-order valence-electron chi connectivity index (χ3n) is 5.98. The van der Waals surface area contributed by atoms with Crippen molar-refractivity contribution in [3.8, 4) is 11.3 Å². The van der Waals surface area contributed by atoms with Gasteiger partial charge in [0.2, 0.25) is 0 Å². The largest absolute Gasteiger partial charge is 0.459 e. The zero-order valence-corrected chi connectivity index (χ0v) is 20.8. The molecule has 33 heavy (non-hydrogen) atoms. The fourth-order valence-corrected chi connectivity index (χ4v) is 4.83. The van der Waals surface area contributed by atoms with Gasteiger partial charge >= 0.3 is 0 Å². The van der Waals surface area contributed by atoms with E-state index < -0.39 is 0 Å². The Balaban J connectivity index is 1.57. The van der Waals surface area contributed by atoms with Gasteiger partial charge in [-0.1, -0.05) is 60.1 Å². The van der Waals surface area contributed by atoms with E-state index >= 15 is 0 Å². The van der Waals surface area contributed by atoms with Crippen LogP contribution in [0.5, 0.6) is 0 Å². The van der Waals surface area contributed by atoms with Gasteiger partial charge in [-0.15, -0.1) is 0 Å². The zero-order valence-electron chi connectivity index (χ0n) is 18.4. The standard InChI is InChI=1S/C27H24BrN3OS/c1-17(2)18-8-12-21(13-9-18)31-26(25(30-27(31)33)22-5-3-4-16-29-22)24-15-14-23(32-24)19-6-10-20(28)11-7-19/h3-17,25-26H,1-2H3,(H,30,33)/t25-,26-/m0/s1. The lowest BCUT2D eigenvalue weighted by molar-refractivity contribution is 0.439. The van der Waals surface area contributed by atoms with E-state index in [2.05, 4.69) is 69.2 Å². The molecule has 4 nitrogen and oxygen atoms in total. The smallest absolute Gasteiger partial charge is 0.174 e. The molecule has 0 radical (unpaired) electrons. The van der Waals surface area contributed by atoms with Gasteiger partial charge in [0.1, 0.15) is 17.6 Å². The van der Waals surface area contributed by atoms with Crippen LogP contribution in [0.4, 0.5) is 5.69 Å². The first-order valence-electron chi connectivity index (χ1n) is 11.0. The Morgan fingerprint density at radius 2 is 1.73 bits per heavy atom. The Hall–Kier alpha value is -2.96. The highest BCUT2D eigenvalue weighted by Gasteiger charge is 2.42. The van der Waals surface area contributed by atoms with E-state index in [1.807, 2.05) is 60.8 Å². The van der Waals surface area contributed by atoms with Gasteiger partial charge < -0.3 is 14.6 Å². The summed E-state index contributed by atoms with van der Waals surface area (Å²) in [5.74, 6) is 2.13. The van der Waals surface area contributed by atoms with E-state index in [0.29, 0.717) is 11.0 Å². The van der Waals surface area contributed by atoms with Crippen molar-refractivity contribution in [3.63, 3.8) is 0 Å². The predicted octanol–water partition coefficient (Wildman–Crippen LogP) is 7.40. The second kappa shape index (κ2) is 9.12. The number of hydrogen-bond donors (Lipinski definition) is 1. The summed E-state index contributed by atoms with van der Waals surface area (Å²) in [5.41, 5.74) is 4.28.